The standard InChI is InChI=1S/C10H19N3/c1-3-5-6-8-13-9-10(7-4-2)11-12-13/h9H,3-8H2,1-2H3. The van der Waals surface area contributed by atoms with E-state index < -0.39 is 0 Å². The van der Waals surface area contributed by atoms with Crippen LogP contribution in [0.4, 0.5) is 0 Å². The van der Waals surface area contributed by atoms with Crippen molar-refractivity contribution in [2.45, 2.75) is 52.5 Å². The van der Waals surface area contributed by atoms with E-state index in [0.717, 1.165) is 25.1 Å². The van der Waals surface area contributed by atoms with Gasteiger partial charge < -0.3 is 0 Å². The van der Waals surface area contributed by atoms with Crippen LogP contribution >= 0.6 is 0 Å². The summed E-state index contributed by atoms with van der Waals surface area (Å²) in [5, 5.41) is 8.17. The molecule has 74 valence electrons. The molecule has 1 rings (SSSR count). The first-order valence-electron chi connectivity index (χ1n) is 5.25. The maximum absolute atomic E-state index is 4.10. The van der Waals surface area contributed by atoms with Crippen molar-refractivity contribution in [1.29, 1.82) is 0 Å². The molecule has 3 heteroatoms. The number of nitrogens with zero attached hydrogens (tertiary/aromatic N) is 3. The third-order valence-electron chi connectivity index (χ3n) is 2.08. The van der Waals surface area contributed by atoms with E-state index in [2.05, 4.69) is 30.4 Å². The Morgan fingerprint density at radius 3 is 2.77 bits per heavy atom. The van der Waals surface area contributed by atoms with Gasteiger partial charge in [-0.15, -0.1) is 5.10 Å². The van der Waals surface area contributed by atoms with Gasteiger partial charge in [0, 0.05) is 12.7 Å². The van der Waals surface area contributed by atoms with Crippen molar-refractivity contribution < 1.29 is 0 Å². The highest BCUT2D eigenvalue weighted by molar-refractivity contribution is 4.91. The Bertz CT molecular complexity index is 230. The predicted octanol–water partition coefficient (Wildman–Crippen LogP) is 2.42. The lowest BCUT2D eigenvalue weighted by Gasteiger charge is -1.97. The molecule has 0 aliphatic rings. The van der Waals surface area contributed by atoms with Gasteiger partial charge in [0.25, 0.3) is 0 Å². The van der Waals surface area contributed by atoms with Crippen molar-refractivity contribution in [3.63, 3.8) is 0 Å². The van der Waals surface area contributed by atoms with Crippen molar-refractivity contribution in [2.24, 2.45) is 0 Å². The van der Waals surface area contributed by atoms with Gasteiger partial charge in [-0.25, -0.2) is 0 Å². The van der Waals surface area contributed by atoms with Gasteiger partial charge in [0.2, 0.25) is 0 Å². The first-order valence-corrected chi connectivity index (χ1v) is 5.25. The van der Waals surface area contributed by atoms with Crippen LogP contribution < -0.4 is 0 Å². The fourth-order valence-corrected chi connectivity index (χ4v) is 1.34. The Balaban J connectivity index is 2.31. The third-order valence-corrected chi connectivity index (χ3v) is 2.08. The van der Waals surface area contributed by atoms with Gasteiger partial charge in [-0.1, -0.05) is 38.3 Å². The molecule has 0 atom stereocenters. The molecule has 1 heterocycles. The van der Waals surface area contributed by atoms with E-state index in [1.807, 2.05) is 4.68 Å². The van der Waals surface area contributed by atoms with Gasteiger partial charge in [0.15, 0.2) is 0 Å². The van der Waals surface area contributed by atoms with Crippen LogP contribution in [0.15, 0.2) is 6.20 Å². The van der Waals surface area contributed by atoms with Gasteiger partial charge in [0.1, 0.15) is 0 Å². The Labute approximate surface area is 80.1 Å². The molecule has 0 saturated carbocycles. The zero-order valence-corrected chi connectivity index (χ0v) is 8.66. The Hall–Kier alpha value is -0.860. The average Bonchev–Trinajstić information content (AvgIpc) is 2.54. The number of rotatable bonds is 6. The number of unbranched alkanes of at least 4 members (excludes halogenated alkanes) is 2. The topological polar surface area (TPSA) is 30.7 Å². The maximum Gasteiger partial charge on any atom is 0.0827 e. The zero-order valence-electron chi connectivity index (χ0n) is 8.66. The molecule has 0 aliphatic carbocycles. The molecule has 1 aromatic heterocycles. The molecule has 3 nitrogen and oxygen atoms in total. The van der Waals surface area contributed by atoms with Crippen LogP contribution in [0.3, 0.4) is 0 Å². The van der Waals surface area contributed by atoms with Crippen LogP contribution in [0.5, 0.6) is 0 Å². The first kappa shape index (κ1) is 10.2. The van der Waals surface area contributed by atoms with Crippen LogP contribution in [0.1, 0.15) is 45.2 Å². The van der Waals surface area contributed by atoms with E-state index in [1.54, 1.807) is 0 Å². The normalized spacial score (nSPS) is 10.6. The lowest BCUT2D eigenvalue weighted by atomic mass is 10.2. The quantitative estimate of drug-likeness (QED) is 0.631. The van der Waals surface area contributed by atoms with Crippen molar-refractivity contribution in [3.05, 3.63) is 11.9 Å². The fourth-order valence-electron chi connectivity index (χ4n) is 1.34. The summed E-state index contributed by atoms with van der Waals surface area (Å²) >= 11 is 0. The van der Waals surface area contributed by atoms with E-state index in [1.165, 1.54) is 19.3 Å². The zero-order chi connectivity index (χ0) is 9.52. The van der Waals surface area contributed by atoms with Crippen molar-refractivity contribution in [3.8, 4) is 0 Å². The largest absolute Gasteiger partial charge is 0.252 e. The lowest BCUT2D eigenvalue weighted by molar-refractivity contribution is 0.537. The second kappa shape index (κ2) is 5.73. The number of hydrogen-bond acceptors (Lipinski definition) is 2. The molecule has 0 aromatic carbocycles. The van der Waals surface area contributed by atoms with Crippen LogP contribution in [-0.4, -0.2) is 15.0 Å². The maximum atomic E-state index is 4.10. The van der Waals surface area contributed by atoms with Crippen LogP contribution in [0, 0.1) is 0 Å². The minimum atomic E-state index is 1.02. The molecule has 1 aromatic rings. The first-order chi connectivity index (χ1) is 6.36. The van der Waals surface area contributed by atoms with E-state index in [-0.39, 0.29) is 0 Å². The second-order valence-electron chi connectivity index (χ2n) is 3.43. The van der Waals surface area contributed by atoms with Crippen LogP contribution in [0.2, 0.25) is 0 Å². The summed E-state index contributed by atoms with van der Waals surface area (Å²) in [6.45, 7) is 5.39. The molecule has 0 spiro atoms. The second-order valence-corrected chi connectivity index (χ2v) is 3.43. The SMILES string of the molecule is CCCCCn1cc(CCC)nn1. The van der Waals surface area contributed by atoms with E-state index in [9.17, 15) is 0 Å². The van der Waals surface area contributed by atoms with Crippen molar-refractivity contribution in [2.75, 3.05) is 0 Å². The Morgan fingerprint density at radius 1 is 1.23 bits per heavy atom. The highest BCUT2D eigenvalue weighted by Crippen LogP contribution is 2.00. The smallest absolute Gasteiger partial charge is 0.0827 e. The minimum Gasteiger partial charge on any atom is -0.252 e. The molecule has 0 bridgehead atoms. The molecule has 0 amide bonds. The molecule has 0 fully saturated rings. The van der Waals surface area contributed by atoms with Crippen LogP contribution in [0.25, 0.3) is 0 Å². The summed E-state index contributed by atoms with van der Waals surface area (Å²) in [5.41, 5.74) is 1.12. The molecule has 0 radical (unpaired) electrons. The summed E-state index contributed by atoms with van der Waals surface area (Å²) in [6.07, 6.45) is 8.02. The lowest BCUT2D eigenvalue weighted by Crippen LogP contribution is -1.98. The van der Waals surface area contributed by atoms with Gasteiger partial charge in [-0.3, -0.25) is 4.68 Å². The number of aryl methyl sites for hydroxylation is 2. The summed E-state index contributed by atoms with van der Waals surface area (Å²) in [4.78, 5) is 0. The van der Waals surface area contributed by atoms with Gasteiger partial charge >= 0.3 is 0 Å². The molecular weight excluding hydrogens is 162 g/mol. The average molecular weight is 181 g/mol. The van der Waals surface area contributed by atoms with E-state index >= 15 is 0 Å². The summed E-state index contributed by atoms with van der Waals surface area (Å²) < 4.78 is 1.96. The molecule has 0 unspecified atom stereocenters. The highest BCUT2D eigenvalue weighted by Gasteiger charge is 1.98. The number of hydrogen-bond donors (Lipinski definition) is 0. The third kappa shape index (κ3) is 3.57. The molecule has 0 saturated heterocycles. The van der Waals surface area contributed by atoms with E-state index in [0.29, 0.717) is 0 Å². The molecule has 0 N–H and O–H groups in total. The van der Waals surface area contributed by atoms with Gasteiger partial charge in [-0.2, -0.15) is 0 Å². The van der Waals surface area contributed by atoms with Crippen molar-refractivity contribution >= 4 is 0 Å². The fraction of sp³-hybridized carbons (Fsp3) is 0.800. The molecule has 0 aliphatic heterocycles. The predicted molar refractivity (Wildman–Crippen MR) is 53.5 cm³/mol. The van der Waals surface area contributed by atoms with E-state index in [4.69, 9.17) is 0 Å². The number of aromatic nitrogens is 3. The van der Waals surface area contributed by atoms with Crippen LogP contribution in [-0.2, 0) is 13.0 Å². The molecular formula is C10H19N3. The Morgan fingerprint density at radius 2 is 2.08 bits per heavy atom. The van der Waals surface area contributed by atoms with Gasteiger partial charge in [0.05, 0.1) is 5.69 Å². The highest BCUT2D eigenvalue weighted by atomic mass is 15.4. The minimum absolute atomic E-state index is 1.02. The van der Waals surface area contributed by atoms with Crippen molar-refractivity contribution in [1.82, 2.24) is 15.0 Å². The summed E-state index contributed by atoms with van der Waals surface area (Å²) in [6, 6.07) is 0. The summed E-state index contributed by atoms with van der Waals surface area (Å²) in [5.74, 6) is 0. The summed E-state index contributed by atoms with van der Waals surface area (Å²) in [7, 11) is 0. The molecule has 13 heavy (non-hydrogen) atoms. The van der Waals surface area contributed by atoms with Gasteiger partial charge in [-0.05, 0) is 12.8 Å². The monoisotopic (exact) mass is 181 g/mol. The Kier molecular flexibility index (Phi) is 4.50.